The molecule has 0 spiro atoms. The molecule has 1 saturated heterocycles. The summed E-state index contributed by atoms with van der Waals surface area (Å²) >= 11 is 5.97. The summed E-state index contributed by atoms with van der Waals surface area (Å²) in [6.45, 7) is 5.28. The summed E-state index contributed by atoms with van der Waals surface area (Å²) in [4.78, 5) is 12.1. The molecule has 88 valence electrons. The summed E-state index contributed by atoms with van der Waals surface area (Å²) in [5.74, 6) is -0.479. The van der Waals surface area contributed by atoms with E-state index in [1.54, 1.807) is 20.8 Å². The molecule has 2 bridgehead atoms. The Hall–Kier alpha value is -1.72. The number of nitrogens with zero attached hydrogens (tertiary/aromatic N) is 2. The van der Waals surface area contributed by atoms with E-state index in [-0.39, 0.29) is 10.7 Å². The molecule has 0 radical (unpaired) electrons. The Balaban J connectivity index is 2.87. The number of hydrogen-bond acceptors (Lipinski definition) is 4. The van der Waals surface area contributed by atoms with Crippen molar-refractivity contribution in [1.29, 1.82) is 10.5 Å². The van der Waals surface area contributed by atoms with Crippen LogP contribution < -0.4 is 10.6 Å². The van der Waals surface area contributed by atoms with Gasteiger partial charge in [-0.3, -0.25) is 4.79 Å². The fourth-order valence-corrected chi connectivity index (χ4v) is 2.95. The lowest BCUT2D eigenvalue weighted by atomic mass is 9.58. The average Bonchev–Trinajstić information content (AvgIpc) is 2.31. The van der Waals surface area contributed by atoms with Crippen LogP contribution in [0.25, 0.3) is 0 Å². The maximum absolute atomic E-state index is 12.1. The van der Waals surface area contributed by atoms with E-state index in [1.165, 1.54) is 0 Å². The summed E-state index contributed by atoms with van der Waals surface area (Å²) in [6, 6.07) is 3.87. The standard InChI is InChI=1S/C11H11ClN4O/c1-9(2)10(3)15-7(12)6(4-13)11(9,5-14)8(17)16-10/h15H,1-3H3,(H,16,17)/t10-,11+/m0/s1. The highest BCUT2D eigenvalue weighted by molar-refractivity contribution is 6.30. The van der Waals surface area contributed by atoms with Crippen molar-refractivity contribution in [3.05, 3.63) is 10.7 Å². The average molecular weight is 251 g/mol. The van der Waals surface area contributed by atoms with Gasteiger partial charge in [-0.15, -0.1) is 0 Å². The van der Waals surface area contributed by atoms with Gasteiger partial charge >= 0.3 is 0 Å². The van der Waals surface area contributed by atoms with Crippen LogP contribution in [0.2, 0.25) is 0 Å². The molecule has 17 heavy (non-hydrogen) atoms. The van der Waals surface area contributed by atoms with Crippen molar-refractivity contribution in [2.75, 3.05) is 0 Å². The van der Waals surface area contributed by atoms with E-state index in [9.17, 15) is 10.1 Å². The van der Waals surface area contributed by atoms with E-state index in [4.69, 9.17) is 16.9 Å². The Morgan fingerprint density at radius 1 is 1.24 bits per heavy atom. The normalized spacial score (nSPS) is 37.9. The molecule has 6 heteroatoms. The molecule has 0 aromatic rings. The van der Waals surface area contributed by atoms with Crippen molar-refractivity contribution in [1.82, 2.24) is 10.6 Å². The number of halogens is 1. The summed E-state index contributed by atoms with van der Waals surface area (Å²) < 4.78 is 0. The number of carbonyl (C=O) groups excluding carboxylic acids is 1. The van der Waals surface area contributed by atoms with Gasteiger partial charge in [0.2, 0.25) is 5.91 Å². The summed E-state index contributed by atoms with van der Waals surface area (Å²) in [5, 5.41) is 24.3. The summed E-state index contributed by atoms with van der Waals surface area (Å²) in [6.07, 6.45) is 0. The molecule has 5 nitrogen and oxygen atoms in total. The topological polar surface area (TPSA) is 88.7 Å². The van der Waals surface area contributed by atoms with Gasteiger partial charge in [0.1, 0.15) is 16.9 Å². The minimum Gasteiger partial charge on any atom is -0.352 e. The first-order valence-corrected chi connectivity index (χ1v) is 5.47. The van der Waals surface area contributed by atoms with Gasteiger partial charge in [0.25, 0.3) is 0 Å². The van der Waals surface area contributed by atoms with E-state index >= 15 is 0 Å². The van der Waals surface area contributed by atoms with E-state index in [0.717, 1.165) is 0 Å². The number of nitriles is 2. The Morgan fingerprint density at radius 2 is 1.82 bits per heavy atom. The van der Waals surface area contributed by atoms with Crippen LogP contribution in [0.15, 0.2) is 10.7 Å². The number of nitrogens with one attached hydrogen (secondary N) is 2. The Labute approximate surface area is 104 Å². The zero-order valence-corrected chi connectivity index (χ0v) is 10.4. The van der Waals surface area contributed by atoms with Gasteiger partial charge < -0.3 is 10.6 Å². The number of carbonyl (C=O) groups is 1. The lowest BCUT2D eigenvalue weighted by Gasteiger charge is -2.46. The third-order valence-electron chi connectivity index (χ3n) is 4.13. The molecule has 2 heterocycles. The fourth-order valence-electron chi connectivity index (χ4n) is 2.58. The van der Waals surface area contributed by atoms with Gasteiger partial charge in [0.05, 0.1) is 11.6 Å². The molecule has 2 rings (SSSR count). The van der Waals surface area contributed by atoms with Crippen molar-refractivity contribution < 1.29 is 4.79 Å². The predicted molar refractivity (Wildman–Crippen MR) is 60.0 cm³/mol. The van der Waals surface area contributed by atoms with E-state index in [2.05, 4.69) is 10.6 Å². The molecule has 1 amide bonds. The zero-order chi connectivity index (χ0) is 13.1. The van der Waals surface area contributed by atoms with Crippen molar-refractivity contribution in [2.24, 2.45) is 10.8 Å². The SMILES string of the molecule is CC1(C)[C@]2(C)NC(=O)[C@@]1(C#N)C(C#N)=C(Cl)N2. The third kappa shape index (κ3) is 0.963. The fraction of sp³-hybridized carbons (Fsp3) is 0.545. The first-order chi connectivity index (χ1) is 7.77. The van der Waals surface area contributed by atoms with Crippen LogP contribution in [0.5, 0.6) is 0 Å². The molecule has 2 aliphatic heterocycles. The molecule has 0 unspecified atom stereocenters. The highest BCUT2D eigenvalue weighted by atomic mass is 35.5. The largest absolute Gasteiger partial charge is 0.352 e. The predicted octanol–water partition coefficient (Wildman–Crippen LogP) is 0.946. The maximum atomic E-state index is 12.1. The quantitative estimate of drug-likeness (QED) is 0.627. The van der Waals surface area contributed by atoms with Crippen LogP contribution in [0.1, 0.15) is 20.8 Å². The number of amides is 1. The molecule has 0 aromatic carbocycles. The minimum atomic E-state index is -1.53. The van der Waals surface area contributed by atoms with E-state index in [0.29, 0.717) is 0 Å². The van der Waals surface area contributed by atoms with E-state index < -0.39 is 22.4 Å². The maximum Gasteiger partial charge on any atom is 0.248 e. The molecule has 0 aromatic heterocycles. The monoisotopic (exact) mass is 250 g/mol. The Kier molecular flexibility index (Phi) is 2.03. The molecule has 0 saturated carbocycles. The Morgan fingerprint density at radius 3 is 2.29 bits per heavy atom. The lowest BCUT2D eigenvalue weighted by molar-refractivity contribution is -0.125. The highest BCUT2D eigenvalue weighted by Gasteiger charge is 2.72. The smallest absolute Gasteiger partial charge is 0.248 e. The van der Waals surface area contributed by atoms with Gasteiger partial charge in [0.15, 0.2) is 5.41 Å². The molecular formula is C11H11ClN4O. The summed E-state index contributed by atoms with van der Waals surface area (Å²) in [7, 11) is 0. The van der Waals surface area contributed by atoms with Crippen LogP contribution in [0.3, 0.4) is 0 Å². The molecular weight excluding hydrogens is 240 g/mol. The van der Waals surface area contributed by atoms with Crippen molar-refractivity contribution in [2.45, 2.75) is 26.4 Å². The molecule has 2 N–H and O–H groups in total. The molecule has 1 fully saturated rings. The van der Waals surface area contributed by atoms with E-state index in [1.807, 2.05) is 12.1 Å². The molecule has 2 aliphatic rings. The second-order valence-corrected chi connectivity index (χ2v) is 5.37. The van der Waals surface area contributed by atoms with Gasteiger partial charge in [-0.2, -0.15) is 10.5 Å². The lowest BCUT2D eigenvalue weighted by Crippen LogP contribution is -2.62. The number of hydrogen-bond donors (Lipinski definition) is 2. The highest BCUT2D eigenvalue weighted by Crippen LogP contribution is 2.58. The molecule has 0 aliphatic carbocycles. The van der Waals surface area contributed by atoms with Crippen LogP contribution >= 0.6 is 11.6 Å². The van der Waals surface area contributed by atoms with Crippen LogP contribution in [-0.2, 0) is 4.79 Å². The first-order valence-electron chi connectivity index (χ1n) is 5.09. The zero-order valence-electron chi connectivity index (χ0n) is 9.68. The van der Waals surface area contributed by atoms with Gasteiger partial charge in [-0.05, 0) is 6.92 Å². The Bertz CT molecular complexity index is 539. The summed E-state index contributed by atoms with van der Waals surface area (Å²) in [5.41, 5.74) is -3.16. The van der Waals surface area contributed by atoms with Crippen LogP contribution in [0, 0.1) is 33.5 Å². The van der Waals surface area contributed by atoms with Crippen molar-refractivity contribution >= 4 is 17.5 Å². The van der Waals surface area contributed by atoms with Crippen LogP contribution in [0.4, 0.5) is 0 Å². The molecule has 2 atom stereocenters. The number of fused-ring (bicyclic) bond motifs is 2. The van der Waals surface area contributed by atoms with Crippen molar-refractivity contribution in [3.63, 3.8) is 0 Å². The van der Waals surface area contributed by atoms with Crippen molar-refractivity contribution in [3.8, 4) is 12.1 Å². The van der Waals surface area contributed by atoms with Gasteiger partial charge in [-0.1, -0.05) is 25.4 Å². The number of rotatable bonds is 0. The second kappa shape index (κ2) is 2.94. The van der Waals surface area contributed by atoms with Crippen LogP contribution in [-0.4, -0.2) is 11.6 Å². The van der Waals surface area contributed by atoms with Gasteiger partial charge in [0, 0.05) is 5.41 Å². The third-order valence-corrected chi connectivity index (χ3v) is 4.41. The minimum absolute atomic E-state index is 0.0147. The van der Waals surface area contributed by atoms with Gasteiger partial charge in [-0.25, -0.2) is 0 Å². The first kappa shape index (κ1) is 11.8. The second-order valence-electron chi connectivity index (χ2n) is 4.99.